The average molecular weight is 503 g/mol. The third-order valence-corrected chi connectivity index (χ3v) is 8.52. The molecule has 0 fully saturated rings. The molecule has 0 amide bonds. The van der Waals surface area contributed by atoms with Crippen molar-refractivity contribution in [3.63, 3.8) is 0 Å². The SMILES string of the molecule is c1ccc(-c2cc(-n3c4ccccc4c4c5c(ccc43)sc3ccccc35)cc(-c3ccccc3)n2)cc1. The lowest BCUT2D eigenvalue weighted by Gasteiger charge is -2.13. The molecule has 38 heavy (non-hydrogen) atoms. The number of hydrogen-bond acceptors (Lipinski definition) is 2. The van der Waals surface area contributed by atoms with Crippen LogP contribution in [0.4, 0.5) is 0 Å². The van der Waals surface area contributed by atoms with Crippen molar-refractivity contribution in [2.75, 3.05) is 0 Å². The Labute approximate surface area is 224 Å². The second kappa shape index (κ2) is 8.41. The zero-order chi connectivity index (χ0) is 25.1. The zero-order valence-electron chi connectivity index (χ0n) is 20.5. The maximum atomic E-state index is 5.11. The molecule has 0 bridgehead atoms. The topological polar surface area (TPSA) is 17.8 Å². The quantitative estimate of drug-likeness (QED) is 0.235. The Hall–Kier alpha value is -4.73. The van der Waals surface area contributed by atoms with Crippen molar-refractivity contribution in [3.05, 3.63) is 133 Å². The lowest BCUT2D eigenvalue weighted by Crippen LogP contribution is -1.98. The largest absolute Gasteiger partial charge is 0.309 e. The molecule has 2 nitrogen and oxygen atoms in total. The van der Waals surface area contributed by atoms with E-state index in [1.165, 1.54) is 42.0 Å². The fraction of sp³-hybridized carbons (Fsp3) is 0. The van der Waals surface area contributed by atoms with Crippen LogP contribution in [0.25, 0.3) is 70.2 Å². The number of aromatic nitrogens is 2. The van der Waals surface area contributed by atoms with Crippen molar-refractivity contribution < 1.29 is 0 Å². The van der Waals surface area contributed by atoms with Crippen molar-refractivity contribution in [1.29, 1.82) is 0 Å². The molecule has 0 N–H and O–H groups in total. The first-order chi connectivity index (χ1) is 18.8. The molecule has 0 atom stereocenters. The van der Waals surface area contributed by atoms with Crippen molar-refractivity contribution in [3.8, 4) is 28.2 Å². The normalized spacial score (nSPS) is 11.7. The van der Waals surface area contributed by atoms with Crippen LogP contribution in [0, 0.1) is 0 Å². The Morgan fingerprint density at radius 2 is 1.08 bits per heavy atom. The van der Waals surface area contributed by atoms with Gasteiger partial charge in [0.25, 0.3) is 0 Å². The molecule has 3 heteroatoms. The summed E-state index contributed by atoms with van der Waals surface area (Å²) in [6.07, 6.45) is 0. The molecule has 5 aromatic carbocycles. The van der Waals surface area contributed by atoms with E-state index in [-0.39, 0.29) is 0 Å². The Morgan fingerprint density at radius 1 is 0.474 bits per heavy atom. The van der Waals surface area contributed by atoms with Crippen LogP contribution in [-0.2, 0) is 0 Å². The third kappa shape index (κ3) is 3.22. The molecule has 0 saturated heterocycles. The molecule has 0 aliphatic carbocycles. The summed E-state index contributed by atoms with van der Waals surface area (Å²) in [6, 6.07) is 47.5. The van der Waals surface area contributed by atoms with Gasteiger partial charge in [0.1, 0.15) is 0 Å². The molecule has 3 heterocycles. The summed E-state index contributed by atoms with van der Waals surface area (Å²) in [5.41, 5.74) is 7.69. The zero-order valence-corrected chi connectivity index (χ0v) is 21.3. The molecule has 3 aromatic heterocycles. The fourth-order valence-corrected chi connectivity index (χ4v) is 6.83. The first-order valence-electron chi connectivity index (χ1n) is 12.8. The highest BCUT2D eigenvalue weighted by molar-refractivity contribution is 7.26. The van der Waals surface area contributed by atoms with E-state index >= 15 is 0 Å². The van der Waals surface area contributed by atoms with E-state index in [1.54, 1.807) is 0 Å². The van der Waals surface area contributed by atoms with Gasteiger partial charge >= 0.3 is 0 Å². The Balaban J connectivity index is 1.51. The van der Waals surface area contributed by atoms with Crippen LogP contribution in [0.3, 0.4) is 0 Å². The number of rotatable bonds is 3. The molecule has 0 aliphatic heterocycles. The van der Waals surface area contributed by atoms with E-state index in [9.17, 15) is 0 Å². The second-order valence-electron chi connectivity index (χ2n) is 9.61. The molecular weight excluding hydrogens is 480 g/mol. The summed E-state index contributed by atoms with van der Waals surface area (Å²) in [6.45, 7) is 0. The number of fused-ring (bicyclic) bond motifs is 7. The number of para-hydroxylation sites is 1. The monoisotopic (exact) mass is 502 g/mol. The van der Waals surface area contributed by atoms with E-state index in [2.05, 4.69) is 138 Å². The van der Waals surface area contributed by atoms with Gasteiger partial charge in [-0.2, -0.15) is 0 Å². The van der Waals surface area contributed by atoms with Gasteiger partial charge in [0.2, 0.25) is 0 Å². The molecule has 8 aromatic rings. The van der Waals surface area contributed by atoms with Crippen LogP contribution < -0.4 is 0 Å². The number of hydrogen-bond donors (Lipinski definition) is 0. The second-order valence-corrected chi connectivity index (χ2v) is 10.7. The number of nitrogens with zero attached hydrogens (tertiary/aromatic N) is 2. The summed E-state index contributed by atoms with van der Waals surface area (Å²) in [5, 5.41) is 5.26. The maximum absolute atomic E-state index is 5.11. The number of benzene rings is 5. The number of pyridine rings is 1. The van der Waals surface area contributed by atoms with E-state index in [0.29, 0.717) is 0 Å². The van der Waals surface area contributed by atoms with Gasteiger partial charge in [-0.1, -0.05) is 97.1 Å². The van der Waals surface area contributed by atoms with Crippen molar-refractivity contribution in [2.45, 2.75) is 0 Å². The van der Waals surface area contributed by atoms with Gasteiger partial charge in [-0.3, -0.25) is 0 Å². The van der Waals surface area contributed by atoms with Crippen molar-refractivity contribution >= 4 is 53.3 Å². The first kappa shape index (κ1) is 21.4. The number of thiophene rings is 1. The van der Waals surface area contributed by atoms with Crippen LogP contribution in [-0.4, -0.2) is 9.55 Å². The van der Waals surface area contributed by atoms with Crippen LogP contribution in [0.1, 0.15) is 0 Å². The van der Waals surface area contributed by atoms with Crippen LogP contribution >= 0.6 is 11.3 Å². The van der Waals surface area contributed by atoms with E-state index in [4.69, 9.17) is 4.98 Å². The molecule has 178 valence electrons. The van der Waals surface area contributed by atoms with Gasteiger partial charge in [-0.25, -0.2) is 4.98 Å². The van der Waals surface area contributed by atoms with E-state index in [1.807, 2.05) is 11.3 Å². The lowest BCUT2D eigenvalue weighted by atomic mass is 10.1. The van der Waals surface area contributed by atoms with Gasteiger partial charge in [-0.05, 0) is 36.4 Å². The van der Waals surface area contributed by atoms with E-state index in [0.717, 1.165) is 28.2 Å². The van der Waals surface area contributed by atoms with E-state index < -0.39 is 0 Å². The minimum Gasteiger partial charge on any atom is -0.309 e. The molecule has 0 saturated carbocycles. The molecule has 0 unspecified atom stereocenters. The van der Waals surface area contributed by atoms with Crippen LogP contribution in [0.5, 0.6) is 0 Å². The molecule has 0 aliphatic rings. The Morgan fingerprint density at radius 3 is 1.79 bits per heavy atom. The summed E-state index contributed by atoms with van der Waals surface area (Å²) in [7, 11) is 0. The minimum atomic E-state index is 0.968. The summed E-state index contributed by atoms with van der Waals surface area (Å²) in [4.78, 5) is 5.11. The molecule has 8 rings (SSSR count). The van der Waals surface area contributed by atoms with Gasteiger partial charge in [-0.15, -0.1) is 11.3 Å². The highest BCUT2D eigenvalue weighted by Crippen LogP contribution is 2.43. The van der Waals surface area contributed by atoms with Gasteiger partial charge in [0.15, 0.2) is 0 Å². The highest BCUT2D eigenvalue weighted by Gasteiger charge is 2.18. The van der Waals surface area contributed by atoms with Gasteiger partial charge in [0.05, 0.1) is 28.1 Å². The molecule has 0 spiro atoms. The molecule has 0 radical (unpaired) electrons. The molecular formula is C35H22N2S. The fourth-order valence-electron chi connectivity index (χ4n) is 5.71. The smallest absolute Gasteiger partial charge is 0.0730 e. The highest BCUT2D eigenvalue weighted by atomic mass is 32.1. The predicted molar refractivity (Wildman–Crippen MR) is 162 cm³/mol. The summed E-state index contributed by atoms with van der Waals surface area (Å²) < 4.78 is 5.07. The Kier molecular flexibility index (Phi) is 4.73. The van der Waals surface area contributed by atoms with Crippen LogP contribution in [0.15, 0.2) is 133 Å². The summed E-state index contributed by atoms with van der Waals surface area (Å²) in [5.74, 6) is 0. The average Bonchev–Trinajstić information content (AvgIpc) is 3.53. The van der Waals surface area contributed by atoms with Crippen molar-refractivity contribution in [1.82, 2.24) is 9.55 Å². The van der Waals surface area contributed by atoms with Crippen LogP contribution in [0.2, 0.25) is 0 Å². The predicted octanol–water partition coefficient (Wildman–Crippen LogP) is 9.88. The van der Waals surface area contributed by atoms with Gasteiger partial charge < -0.3 is 4.57 Å². The minimum absolute atomic E-state index is 0.968. The third-order valence-electron chi connectivity index (χ3n) is 7.38. The lowest BCUT2D eigenvalue weighted by molar-refractivity contribution is 1.16. The maximum Gasteiger partial charge on any atom is 0.0730 e. The van der Waals surface area contributed by atoms with Crippen molar-refractivity contribution in [2.24, 2.45) is 0 Å². The Bertz CT molecular complexity index is 2060. The first-order valence-corrected chi connectivity index (χ1v) is 13.6. The summed E-state index contributed by atoms with van der Waals surface area (Å²) >= 11 is 1.87. The van der Waals surface area contributed by atoms with Gasteiger partial charge in [0, 0.05) is 42.1 Å². The standard InChI is InChI=1S/C35H22N2S/c1-3-11-23(12-4-1)28-21-25(22-29(36-28)24-13-5-2-6-14-24)37-30-17-9-7-15-26(30)34-31(37)19-20-33-35(34)27-16-8-10-18-32(27)38-33/h1-22H.